The SMILES string of the molecule is Cc1c(NC(=O)[C@@H](C)N2C(=O)[C@H]3[C@@H]4C=C[C@H]([C@H]5C[C@H]45)[C@@H]3C2=O)ccc(Br)c1Cl. The number of amides is 3. The van der Waals surface area contributed by atoms with Crippen molar-refractivity contribution in [1.29, 1.82) is 0 Å². The molecule has 5 nitrogen and oxygen atoms in total. The molecule has 1 heterocycles. The molecule has 1 aromatic carbocycles. The fourth-order valence-corrected chi connectivity index (χ4v) is 6.10. The molecular weight excluding hydrogens is 444 g/mol. The standard InChI is InChI=1S/C21H20BrClN2O3/c1-8-15(6-5-14(22)18(8)23)24-19(26)9(2)25-20(27)16-10-3-4-11(13-7-12(10)13)17(16)21(25)28/h3-6,9-13,16-17H,7H2,1-2H3,(H,24,26)/t9-,10-,11-,12-,13-,16+,17+/m1/s1. The lowest BCUT2D eigenvalue weighted by atomic mass is 9.63. The molecule has 0 spiro atoms. The van der Waals surface area contributed by atoms with Gasteiger partial charge in [0.25, 0.3) is 0 Å². The van der Waals surface area contributed by atoms with Crippen LogP contribution in [0.5, 0.6) is 0 Å². The number of likely N-dealkylation sites (tertiary alicyclic amines) is 1. The van der Waals surface area contributed by atoms with Crippen LogP contribution in [0.2, 0.25) is 5.02 Å². The molecule has 5 aliphatic rings. The van der Waals surface area contributed by atoms with Crippen LogP contribution in [0.25, 0.3) is 0 Å². The molecule has 0 aromatic heterocycles. The summed E-state index contributed by atoms with van der Waals surface area (Å²) in [4.78, 5) is 40.3. The van der Waals surface area contributed by atoms with E-state index in [2.05, 4.69) is 33.4 Å². The zero-order chi connectivity index (χ0) is 19.9. The minimum Gasteiger partial charge on any atom is -0.324 e. The van der Waals surface area contributed by atoms with Gasteiger partial charge < -0.3 is 5.32 Å². The number of nitrogens with one attached hydrogen (secondary N) is 1. The zero-order valence-electron chi connectivity index (χ0n) is 15.5. The van der Waals surface area contributed by atoms with Gasteiger partial charge in [0.1, 0.15) is 6.04 Å². The highest BCUT2D eigenvalue weighted by Crippen LogP contribution is 2.65. The summed E-state index contributed by atoms with van der Waals surface area (Å²) >= 11 is 9.59. The quantitative estimate of drug-likeness (QED) is 0.548. The normalized spacial score (nSPS) is 35.6. The summed E-state index contributed by atoms with van der Waals surface area (Å²) in [5.41, 5.74) is 1.30. The monoisotopic (exact) mass is 462 g/mol. The molecule has 1 aromatic rings. The van der Waals surface area contributed by atoms with Crippen LogP contribution >= 0.6 is 27.5 Å². The second kappa shape index (κ2) is 6.17. The Balaban J connectivity index is 1.38. The minimum absolute atomic E-state index is 0.157. The van der Waals surface area contributed by atoms with Gasteiger partial charge in [0.2, 0.25) is 17.7 Å². The second-order valence-corrected chi connectivity index (χ2v) is 9.63. The highest BCUT2D eigenvalue weighted by molar-refractivity contribution is 9.10. The average Bonchev–Trinajstić information content (AvgIpc) is 3.45. The number of imide groups is 1. The Kier molecular flexibility index (Phi) is 4.05. The molecule has 2 saturated carbocycles. The Labute approximate surface area is 176 Å². The molecule has 0 radical (unpaired) electrons. The van der Waals surface area contributed by atoms with Crippen molar-refractivity contribution in [3.63, 3.8) is 0 Å². The van der Waals surface area contributed by atoms with E-state index >= 15 is 0 Å². The van der Waals surface area contributed by atoms with Crippen LogP contribution in [0, 0.1) is 42.4 Å². The molecule has 146 valence electrons. The number of hydrogen-bond donors (Lipinski definition) is 1. The Hall–Kier alpha value is -1.66. The van der Waals surface area contributed by atoms with Crippen molar-refractivity contribution in [2.75, 3.05) is 5.32 Å². The summed E-state index contributed by atoms with van der Waals surface area (Å²) in [5.74, 6) is 0.0756. The minimum atomic E-state index is -0.858. The van der Waals surface area contributed by atoms with Crippen LogP contribution < -0.4 is 5.32 Å². The maximum atomic E-state index is 13.1. The molecule has 1 aliphatic heterocycles. The lowest BCUT2D eigenvalue weighted by Crippen LogP contribution is -2.46. The van der Waals surface area contributed by atoms with E-state index < -0.39 is 6.04 Å². The molecular formula is C21H20BrClN2O3. The molecule has 3 amide bonds. The van der Waals surface area contributed by atoms with E-state index in [9.17, 15) is 14.4 Å². The second-order valence-electron chi connectivity index (χ2n) is 8.40. The molecule has 28 heavy (non-hydrogen) atoms. The Morgan fingerprint density at radius 2 is 1.75 bits per heavy atom. The van der Waals surface area contributed by atoms with Gasteiger partial charge in [-0.2, -0.15) is 0 Å². The van der Waals surface area contributed by atoms with Gasteiger partial charge in [0, 0.05) is 10.2 Å². The number of rotatable bonds is 3. The van der Waals surface area contributed by atoms with E-state index in [0.717, 1.165) is 16.5 Å². The average molecular weight is 464 g/mol. The number of nitrogens with zero attached hydrogens (tertiary/aromatic N) is 1. The third kappa shape index (κ3) is 2.40. The first-order chi connectivity index (χ1) is 13.3. The van der Waals surface area contributed by atoms with E-state index in [1.54, 1.807) is 19.1 Å². The van der Waals surface area contributed by atoms with Crippen LogP contribution in [-0.4, -0.2) is 28.7 Å². The van der Waals surface area contributed by atoms with Gasteiger partial charge in [0.15, 0.2) is 0 Å². The van der Waals surface area contributed by atoms with Crippen LogP contribution in [0.1, 0.15) is 18.9 Å². The Morgan fingerprint density at radius 3 is 2.32 bits per heavy atom. The van der Waals surface area contributed by atoms with Crippen molar-refractivity contribution in [3.8, 4) is 0 Å². The molecule has 6 rings (SSSR count). The van der Waals surface area contributed by atoms with Gasteiger partial charge in [-0.15, -0.1) is 0 Å². The lowest BCUT2D eigenvalue weighted by molar-refractivity contribution is -0.146. The molecule has 1 N–H and O–H groups in total. The Bertz CT molecular complexity index is 925. The molecule has 3 fully saturated rings. The summed E-state index contributed by atoms with van der Waals surface area (Å²) in [7, 11) is 0. The van der Waals surface area contributed by atoms with Gasteiger partial charge in [-0.25, -0.2) is 0 Å². The topological polar surface area (TPSA) is 66.5 Å². The van der Waals surface area contributed by atoms with Gasteiger partial charge in [-0.3, -0.25) is 19.3 Å². The first-order valence-electron chi connectivity index (χ1n) is 9.62. The highest BCUT2D eigenvalue weighted by atomic mass is 79.9. The predicted molar refractivity (Wildman–Crippen MR) is 109 cm³/mol. The molecule has 0 unspecified atom stereocenters. The maximum Gasteiger partial charge on any atom is 0.247 e. The molecule has 1 saturated heterocycles. The zero-order valence-corrected chi connectivity index (χ0v) is 17.8. The third-order valence-electron chi connectivity index (χ3n) is 7.06. The molecule has 4 aliphatic carbocycles. The molecule has 7 atom stereocenters. The maximum absolute atomic E-state index is 13.1. The van der Waals surface area contributed by atoms with Crippen molar-refractivity contribution >= 4 is 50.9 Å². The number of hydrogen-bond acceptors (Lipinski definition) is 3. The molecule has 2 bridgehead atoms. The molecule has 7 heteroatoms. The highest BCUT2D eigenvalue weighted by Gasteiger charge is 2.67. The summed E-state index contributed by atoms with van der Waals surface area (Å²) < 4.78 is 0.744. The van der Waals surface area contributed by atoms with Crippen molar-refractivity contribution in [2.24, 2.45) is 35.5 Å². The van der Waals surface area contributed by atoms with Crippen LogP contribution in [0.15, 0.2) is 28.8 Å². The van der Waals surface area contributed by atoms with Crippen LogP contribution in [0.4, 0.5) is 5.69 Å². The first kappa shape index (κ1) is 18.4. The number of anilines is 1. The van der Waals surface area contributed by atoms with Crippen molar-refractivity contribution in [3.05, 3.63) is 39.3 Å². The first-order valence-corrected chi connectivity index (χ1v) is 10.8. The number of carbonyl (C=O) groups excluding carboxylic acids is 3. The van der Waals surface area contributed by atoms with Crippen LogP contribution in [0.3, 0.4) is 0 Å². The summed E-state index contributed by atoms with van der Waals surface area (Å²) in [6.07, 6.45) is 5.38. The fourth-order valence-electron chi connectivity index (χ4n) is 5.50. The summed E-state index contributed by atoms with van der Waals surface area (Å²) in [6, 6.07) is 2.65. The number of benzene rings is 1. The number of halogens is 2. The third-order valence-corrected chi connectivity index (χ3v) is 8.44. The van der Waals surface area contributed by atoms with Crippen molar-refractivity contribution < 1.29 is 14.4 Å². The van der Waals surface area contributed by atoms with Crippen molar-refractivity contribution in [2.45, 2.75) is 26.3 Å². The Morgan fingerprint density at radius 1 is 1.18 bits per heavy atom. The van der Waals surface area contributed by atoms with Gasteiger partial charge in [-0.05, 0) is 77.6 Å². The van der Waals surface area contributed by atoms with E-state index in [0.29, 0.717) is 22.5 Å². The van der Waals surface area contributed by atoms with Gasteiger partial charge >= 0.3 is 0 Å². The summed E-state index contributed by atoms with van der Waals surface area (Å²) in [5, 5.41) is 3.35. The lowest BCUT2D eigenvalue weighted by Gasteiger charge is -2.37. The number of allylic oxidation sites excluding steroid dienone is 2. The van der Waals surface area contributed by atoms with Crippen LogP contribution in [-0.2, 0) is 14.4 Å². The van der Waals surface area contributed by atoms with E-state index in [1.807, 2.05) is 6.92 Å². The summed E-state index contributed by atoms with van der Waals surface area (Å²) in [6.45, 7) is 3.43. The van der Waals surface area contributed by atoms with Gasteiger partial charge in [-0.1, -0.05) is 23.8 Å². The van der Waals surface area contributed by atoms with E-state index in [4.69, 9.17) is 11.6 Å². The van der Waals surface area contributed by atoms with Gasteiger partial charge in [0.05, 0.1) is 16.9 Å². The van der Waals surface area contributed by atoms with E-state index in [-0.39, 0.29) is 41.4 Å². The number of carbonyl (C=O) groups is 3. The largest absolute Gasteiger partial charge is 0.324 e. The predicted octanol–water partition coefficient (Wildman–Crippen LogP) is 3.79. The van der Waals surface area contributed by atoms with Crippen molar-refractivity contribution in [1.82, 2.24) is 4.90 Å². The van der Waals surface area contributed by atoms with E-state index in [1.165, 1.54) is 4.90 Å². The fraction of sp³-hybridized carbons (Fsp3) is 0.476. The smallest absolute Gasteiger partial charge is 0.247 e.